The Labute approximate surface area is 50.3 Å². The van der Waals surface area contributed by atoms with Gasteiger partial charge in [0.15, 0.2) is 0 Å². The second-order valence-electron chi connectivity index (χ2n) is 1.50. The average molecular weight is 112 g/mol. The molecule has 0 aromatic heterocycles. The molecular weight excluding hydrogens is 100 g/mol. The fraction of sp³-hybridized carbons (Fsp3) is 0.500. The van der Waals surface area contributed by atoms with Crippen LogP contribution in [0.1, 0.15) is 6.42 Å². The third kappa shape index (κ3) is 3.40. The lowest BCUT2D eigenvalue weighted by atomic mass is 10.4. The van der Waals surface area contributed by atoms with Crippen molar-refractivity contribution in [2.24, 2.45) is 4.99 Å². The number of hydrogen-bond acceptors (Lipinski definition) is 2. The normalized spacial score (nSPS) is 9.75. The van der Waals surface area contributed by atoms with Crippen LogP contribution in [-0.4, -0.2) is 20.3 Å². The minimum Gasteiger partial charge on any atom is -0.392 e. The first-order chi connectivity index (χ1) is 3.81. The van der Waals surface area contributed by atoms with Crippen molar-refractivity contribution in [2.75, 3.05) is 14.1 Å². The van der Waals surface area contributed by atoms with Crippen LogP contribution in [0.15, 0.2) is 17.3 Å². The summed E-state index contributed by atoms with van der Waals surface area (Å²) >= 11 is 0. The van der Waals surface area contributed by atoms with Gasteiger partial charge in [0.1, 0.15) is 0 Å². The van der Waals surface area contributed by atoms with Crippen LogP contribution in [0.4, 0.5) is 0 Å². The second kappa shape index (κ2) is 4.37. The van der Waals surface area contributed by atoms with Crippen LogP contribution in [-0.2, 0) is 0 Å². The second-order valence-corrected chi connectivity index (χ2v) is 1.50. The van der Waals surface area contributed by atoms with Gasteiger partial charge in [0.25, 0.3) is 0 Å². The first kappa shape index (κ1) is 7.21. The van der Waals surface area contributed by atoms with E-state index in [1.165, 1.54) is 0 Å². The summed E-state index contributed by atoms with van der Waals surface area (Å²) in [6, 6.07) is 0. The predicted octanol–water partition coefficient (Wildman–Crippen LogP) is 0.810. The molecule has 0 aliphatic rings. The zero-order valence-corrected chi connectivity index (χ0v) is 5.44. The van der Waals surface area contributed by atoms with Crippen molar-refractivity contribution < 1.29 is 0 Å². The van der Waals surface area contributed by atoms with Crippen LogP contribution in [0.25, 0.3) is 0 Å². The predicted molar refractivity (Wildman–Crippen MR) is 37.2 cm³/mol. The Kier molecular flexibility index (Phi) is 3.94. The highest BCUT2D eigenvalue weighted by atomic mass is 14.8. The number of aliphatic imine (C=N–C) groups is 1. The molecule has 0 fully saturated rings. The molecule has 0 aliphatic carbocycles. The van der Waals surface area contributed by atoms with Crippen LogP contribution < -0.4 is 5.32 Å². The fourth-order valence-electron chi connectivity index (χ4n) is 0.304. The molecule has 0 heterocycles. The zero-order valence-electron chi connectivity index (χ0n) is 5.44. The van der Waals surface area contributed by atoms with E-state index in [0.29, 0.717) is 0 Å². The molecule has 2 heteroatoms. The zero-order chi connectivity index (χ0) is 6.41. The van der Waals surface area contributed by atoms with E-state index in [0.717, 1.165) is 12.1 Å². The summed E-state index contributed by atoms with van der Waals surface area (Å²) in [6.45, 7) is 3.71. The smallest absolute Gasteiger partial charge is 0.0273 e. The van der Waals surface area contributed by atoms with Gasteiger partial charge in [-0.1, -0.05) is 6.58 Å². The molecule has 0 atom stereocenters. The van der Waals surface area contributed by atoms with Gasteiger partial charge in [-0.25, -0.2) is 0 Å². The Balaban J connectivity index is 3.25. The molecule has 0 aliphatic heterocycles. The highest BCUT2D eigenvalue weighted by Crippen LogP contribution is 1.84. The molecule has 0 unspecified atom stereocenters. The SMILES string of the molecule is C=C(C/C=N\C)NC. The van der Waals surface area contributed by atoms with Crippen molar-refractivity contribution >= 4 is 6.21 Å². The summed E-state index contributed by atoms with van der Waals surface area (Å²) in [4.78, 5) is 3.80. The summed E-state index contributed by atoms with van der Waals surface area (Å²) in [7, 11) is 3.61. The third-order valence-corrected chi connectivity index (χ3v) is 0.874. The number of allylic oxidation sites excluding steroid dienone is 1. The monoisotopic (exact) mass is 112 g/mol. The van der Waals surface area contributed by atoms with E-state index in [9.17, 15) is 0 Å². The van der Waals surface area contributed by atoms with Crippen molar-refractivity contribution in [1.29, 1.82) is 0 Å². The van der Waals surface area contributed by atoms with E-state index >= 15 is 0 Å². The van der Waals surface area contributed by atoms with Crippen molar-refractivity contribution in [2.45, 2.75) is 6.42 Å². The highest BCUT2D eigenvalue weighted by Gasteiger charge is 1.80. The number of nitrogens with one attached hydrogen (secondary N) is 1. The van der Waals surface area contributed by atoms with E-state index < -0.39 is 0 Å². The number of hydrogen-bond donors (Lipinski definition) is 1. The topological polar surface area (TPSA) is 24.4 Å². The quantitative estimate of drug-likeness (QED) is 0.537. The molecule has 0 amide bonds. The molecule has 8 heavy (non-hydrogen) atoms. The largest absolute Gasteiger partial charge is 0.392 e. The number of nitrogens with zero attached hydrogens (tertiary/aromatic N) is 1. The lowest BCUT2D eigenvalue weighted by molar-refractivity contribution is 0.968. The van der Waals surface area contributed by atoms with Crippen LogP contribution in [0, 0.1) is 0 Å². The van der Waals surface area contributed by atoms with Gasteiger partial charge in [-0.15, -0.1) is 0 Å². The van der Waals surface area contributed by atoms with Crippen LogP contribution in [0.3, 0.4) is 0 Å². The maximum Gasteiger partial charge on any atom is 0.0273 e. The Morgan fingerprint density at radius 2 is 2.50 bits per heavy atom. The van der Waals surface area contributed by atoms with E-state index in [1.807, 2.05) is 13.3 Å². The van der Waals surface area contributed by atoms with E-state index in [-0.39, 0.29) is 0 Å². The first-order valence-electron chi connectivity index (χ1n) is 2.57. The minimum atomic E-state index is 0.826. The lowest BCUT2D eigenvalue weighted by Gasteiger charge is -1.96. The van der Waals surface area contributed by atoms with Gasteiger partial charge < -0.3 is 10.3 Å². The van der Waals surface area contributed by atoms with Crippen molar-refractivity contribution in [3.63, 3.8) is 0 Å². The molecule has 0 aromatic carbocycles. The molecule has 0 radical (unpaired) electrons. The Bertz CT molecular complexity index is 94.7. The van der Waals surface area contributed by atoms with Crippen LogP contribution in [0.5, 0.6) is 0 Å². The fourth-order valence-corrected chi connectivity index (χ4v) is 0.304. The van der Waals surface area contributed by atoms with Crippen LogP contribution >= 0.6 is 0 Å². The average Bonchev–Trinajstić information content (AvgIpc) is 1.83. The molecule has 0 rings (SSSR count). The third-order valence-electron chi connectivity index (χ3n) is 0.874. The molecule has 0 saturated carbocycles. The standard InChI is InChI=1S/C6H12N2/c1-6(8-3)4-5-7-2/h5,8H,1,4H2,2-3H3/b7-5-. The van der Waals surface area contributed by atoms with E-state index in [1.54, 1.807) is 7.05 Å². The van der Waals surface area contributed by atoms with Gasteiger partial charge in [0.2, 0.25) is 0 Å². The van der Waals surface area contributed by atoms with Gasteiger partial charge >= 0.3 is 0 Å². The van der Waals surface area contributed by atoms with Gasteiger partial charge in [-0.3, -0.25) is 0 Å². The Morgan fingerprint density at radius 3 is 2.88 bits per heavy atom. The van der Waals surface area contributed by atoms with E-state index in [4.69, 9.17) is 0 Å². The molecule has 0 bridgehead atoms. The molecule has 0 aromatic rings. The summed E-state index contributed by atoms with van der Waals surface area (Å²) in [5.74, 6) is 0. The van der Waals surface area contributed by atoms with Crippen molar-refractivity contribution in [3.05, 3.63) is 12.3 Å². The summed E-state index contributed by atoms with van der Waals surface area (Å²) < 4.78 is 0. The molecule has 1 N–H and O–H groups in total. The summed E-state index contributed by atoms with van der Waals surface area (Å²) in [5, 5.41) is 2.91. The Hall–Kier alpha value is -0.790. The molecule has 0 spiro atoms. The molecule has 46 valence electrons. The number of rotatable bonds is 3. The van der Waals surface area contributed by atoms with Crippen molar-refractivity contribution in [3.8, 4) is 0 Å². The Morgan fingerprint density at radius 1 is 1.88 bits per heavy atom. The van der Waals surface area contributed by atoms with Gasteiger partial charge in [0.05, 0.1) is 0 Å². The van der Waals surface area contributed by atoms with Gasteiger partial charge in [-0.2, -0.15) is 0 Å². The van der Waals surface area contributed by atoms with E-state index in [2.05, 4.69) is 16.9 Å². The van der Waals surface area contributed by atoms with Crippen LogP contribution in [0.2, 0.25) is 0 Å². The molecule has 2 nitrogen and oxygen atoms in total. The summed E-state index contributed by atoms with van der Waals surface area (Å²) in [6.07, 6.45) is 2.64. The molecule has 0 saturated heterocycles. The minimum absolute atomic E-state index is 0.826. The van der Waals surface area contributed by atoms with Gasteiger partial charge in [0, 0.05) is 32.4 Å². The highest BCUT2D eigenvalue weighted by molar-refractivity contribution is 5.60. The lowest BCUT2D eigenvalue weighted by Crippen LogP contribution is -2.03. The first-order valence-corrected chi connectivity index (χ1v) is 2.57. The molecular formula is C6H12N2. The van der Waals surface area contributed by atoms with Crippen molar-refractivity contribution in [1.82, 2.24) is 5.32 Å². The summed E-state index contributed by atoms with van der Waals surface area (Å²) in [5.41, 5.74) is 0.996. The maximum absolute atomic E-state index is 3.80. The van der Waals surface area contributed by atoms with Gasteiger partial charge in [-0.05, 0) is 0 Å². The maximum atomic E-state index is 3.80.